The minimum Gasteiger partial charge on any atom is -0.444 e. The molecule has 0 unspecified atom stereocenters. The maximum atomic E-state index is 13.0. The van der Waals surface area contributed by atoms with Crippen molar-refractivity contribution < 1.29 is 14.3 Å². The molecule has 0 spiro atoms. The van der Waals surface area contributed by atoms with Crippen LogP contribution in [0.4, 0.5) is 4.79 Å². The lowest BCUT2D eigenvalue weighted by Gasteiger charge is -2.30. The summed E-state index contributed by atoms with van der Waals surface area (Å²) in [5.74, 6) is 0.939. The quantitative estimate of drug-likeness (QED) is 0.264. The van der Waals surface area contributed by atoms with Crippen molar-refractivity contribution in [3.63, 3.8) is 0 Å². The Morgan fingerprint density at radius 2 is 2.03 bits per heavy atom. The molecule has 1 aliphatic heterocycles. The lowest BCUT2D eigenvalue weighted by molar-refractivity contribution is -0.118. The van der Waals surface area contributed by atoms with Gasteiger partial charge in [-0.05, 0) is 63.3 Å². The van der Waals surface area contributed by atoms with Crippen LogP contribution in [-0.4, -0.2) is 33.9 Å². The van der Waals surface area contributed by atoms with Crippen molar-refractivity contribution in [2.24, 2.45) is 5.92 Å². The number of ketones is 1. The summed E-state index contributed by atoms with van der Waals surface area (Å²) in [5.41, 5.74) is 2.79. The van der Waals surface area contributed by atoms with E-state index in [1.807, 2.05) is 32.9 Å². The lowest BCUT2D eigenvalue weighted by Crippen LogP contribution is -2.39. The largest absolute Gasteiger partial charge is 0.444 e. The van der Waals surface area contributed by atoms with Crippen LogP contribution in [0.25, 0.3) is 20.8 Å². The van der Waals surface area contributed by atoms with Gasteiger partial charge in [-0.1, -0.05) is 42.6 Å². The van der Waals surface area contributed by atoms with Crippen LogP contribution < -0.4 is 0 Å². The Bertz CT molecular complexity index is 1260. The van der Waals surface area contributed by atoms with E-state index in [1.165, 1.54) is 5.56 Å². The van der Waals surface area contributed by atoms with Crippen LogP contribution in [0.3, 0.4) is 0 Å². The van der Waals surface area contributed by atoms with Crippen molar-refractivity contribution in [2.45, 2.75) is 85.3 Å². The van der Waals surface area contributed by atoms with Crippen molar-refractivity contribution in [1.82, 2.24) is 9.88 Å². The predicted molar refractivity (Wildman–Crippen MR) is 153 cm³/mol. The molecule has 0 radical (unpaired) electrons. The first-order valence-electron chi connectivity index (χ1n) is 12.7. The zero-order valence-electron chi connectivity index (χ0n) is 21.8. The summed E-state index contributed by atoms with van der Waals surface area (Å²) < 4.78 is 7.76. The zero-order chi connectivity index (χ0) is 26.0. The molecule has 2 aromatic heterocycles. The maximum absolute atomic E-state index is 13.0. The summed E-state index contributed by atoms with van der Waals surface area (Å²) in [6.07, 6.45) is 4.68. The summed E-state index contributed by atoms with van der Waals surface area (Å²) in [7, 11) is 0. The van der Waals surface area contributed by atoms with E-state index in [4.69, 9.17) is 9.72 Å². The third kappa shape index (κ3) is 6.56. The minimum atomic E-state index is -0.528. The molecule has 0 aliphatic carbocycles. The average Bonchev–Trinajstić information content (AvgIpc) is 3.36. The molecule has 8 heteroatoms. The van der Waals surface area contributed by atoms with E-state index in [1.54, 1.807) is 27.6 Å². The smallest absolute Gasteiger partial charge is 0.410 e. The number of fused-ring (bicyclic) bond motifs is 2. The van der Waals surface area contributed by atoms with Gasteiger partial charge in [0, 0.05) is 39.2 Å². The number of ether oxygens (including phenoxy) is 1. The van der Waals surface area contributed by atoms with Crippen molar-refractivity contribution in [3.8, 4) is 10.6 Å². The number of thiazole rings is 1. The van der Waals surface area contributed by atoms with Crippen LogP contribution in [0.15, 0.2) is 22.7 Å². The Hall–Kier alpha value is -1.77. The fourth-order valence-electron chi connectivity index (χ4n) is 4.44. The number of hydrogen-bond acceptors (Lipinski definition) is 6. The molecule has 0 saturated carbocycles. The number of carbonyl (C=O) groups excluding carboxylic acids is 2. The molecule has 0 saturated heterocycles. The Morgan fingerprint density at radius 3 is 2.75 bits per heavy atom. The van der Waals surface area contributed by atoms with Crippen LogP contribution in [0.1, 0.15) is 75.6 Å². The van der Waals surface area contributed by atoms with E-state index >= 15 is 0 Å². The van der Waals surface area contributed by atoms with E-state index in [2.05, 4.69) is 35.8 Å². The second-order valence-corrected chi connectivity index (χ2v) is 13.8. The first kappa shape index (κ1) is 27.3. The van der Waals surface area contributed by atoms with Gasteiger partial charge in [0.1, 0.15) is 16.4 Å². The van der Waals surface area contributed by atoms with E-state index < -0.39 is 5.60 Å². The highest BCUT2D eigenvalue weighted by Crippen LogP contribution is 2.43. The molecule has 5 nitrogen and oxygen atoms in total. The molecule has 4 rings (SSSR count). The molecule has 3 heterocycles. The Labute approximate surface area is 230 Å². The van der Waals surface area contributed by atoms with Gasteiger partial charge in [0.05, 0.1) is 16.8 Å². The third-order valence-corrected chi connectivity index (χ3v) is 9.32. The lowest BCUT2D eigenvalue weighted by atomic mass is 9.98. The monoisotopic (exact) mass is 590 g/mol. The fourth-order valence-corrected chi connectivity index (χ4v) is 7.30. The first-order chi connectivity index (χ1) is 17.0. The molecule has 1 aromatic carbocycles. The van der Waals surface area contributed by atoms with Gasteiger partial charge in [0.15, 0.2) is 0 Å². The highest BCUT2D eigenvalue weighted by Gasteiger charge is 2.31. The molecule has 1 aliphatic rings. The summed E-state index contributed by atoms with van der Waals surface area (Å²) >= 11 is 6.89. The summed E-state index contributed by atoms with van der Waals surface area (Å²) in [6, 6.07) is 6.16. The maximum Gasteiger partial charge on any atom is 0.410 e. The summed E-state index contributed by atoms with van der Waals surface area (Å²) in [4.78, 5) is 34.7. The van der Waals surface area contributed by atoms with Gasteiger partial charge in [-0.3, -0.25) is 4.79 Å². The molecule has 194 valence electrons. The highest BCUT2D eigenvalue weighted by molar-refractivity contribution is 9.10. The first-order valence-corrected chi connectivity index (χ1v) is 15.2. The number of rotatable bonds is 8. The molecule has 36 heavy (non-hydrogen) atoms. The van der Waals surface area contributed by atoms with Crippen LogP contribution in [-0.2, 0) is 28.9 Å². The minimum absolute atomic E-state index is 0.282. The van der Waals surface area contributed by atoms with Gasteiger partial charge in [0.2, 0.25) is 0 Å². The molecule has 0 fully saturated rings. The number of nitrogens with zero attached hydrogens (tertiary/aromatic N) is 2. The van der Waals surface area contributed by atoms with Crippen LogP contribution in [0.5, 0.6) is 0 Å². The number of Topliss-reactive ketones (excluding diaryl/α,β-unsaturated/α-hetero) is 1. The van der Waals surface area contributed by atoms with Gasteiger partial charge in [-0.25, -0.2) is 9.78 Å². The second kappa shape index (κ2) is 11.3. The summed E-state index contributed by atoms with van der Waals surface area (Å²) in [6.45, 7) is 11.2. The van der Waals surface area contributed by atoms with E-state index in [-0.39, 0.29) is 11.9 Å². The van der Waals surface area contributed by atoms with Crippen molar-refractivity contribution >= 4 is 60.7 Å². The van der Waals surface area contributed by atoms with Crippen LogP contribution in [0, 0.1) is 5.92 Å². The van der Waals surface area contributed by atoms with Gasteiger partial charge in [0.25, 0.3) is 0 Å². The summed E-state index contributed by atoms with van der Waals surface area (Å²) in [5, 5.41) is 0.966. The van der Waals surface area contributed by atoms with Crippen molar-refractivity contribution in [2.75, 3.05) is 6.54 Å². The molecular weight excluding hydrogens is 556 g/mol. The van der Waals surface area contributed by atoms with Gasteiger partial charge < -0.3 is 9.64 Å². The molecule has 1 atom stereocenters. The topological polar surface area (TPSA) is 59.5 Å². The Kier molecular flexibility index (Phi) is 8.57. The predicted octanol–water partition coefficient (Wildman–Crippen LogP) is 8.41. The van der Waals surface area contributed by atoms with Crippen molar-refractivity contribution in [3.05, 3.63) is 38.0 Å². The molecule has 0 bridgehead atoms. The van der Waals surface area contributed by atoms with E-state index in [9.17, 15) is 9.59 Å². The van der Waals surface area contributed by atoms with Crippen LogP contribution >= 0.6 is 38.6 Å². The number of thiophene rings is 1. The third-order valence-electron chi connectivity index (χ3n) is 6.55. The average molecular weight is 592 g/mol. The standard InChI is InChI=1S/C28H35BrN2O3S2/c1-6-17(2)8-7-9-19(32)15-23-25(26-30-21-14-18(29)10-11-22(21)36-26)20-12-13-31(16-24(20)35-23)27(33)34-28(3,4)5/h10-11,14,17H,6-9,12-13,15-16H2,1-5H3/t17-/m0/s1. The van der Waals surface area contributed by atoms with E-state index in [0.29, 0.717) is 31.8 Å². The normalized spacial score (nSPS) is 14.7. The number of benzene rings is 1. The zero-order valence-corrected chi connectivity index (χ0v) is 25.0. The van der Waals surface area contributed by atoms with E-state index in [0.717, 1.165) is 60.7 Å². The van der Waals surface area contributed by atoms with Gasteiger partial charge in [-0.15, -0.1) is 22.7 Å². The SMILES string of the molecule is CC[C@H](C)CCCC(=O)Cc1sc2c(c1-c1nc3cc(Br)ccc3s1)CCN(C(=O)OC(C)(C)C)C2. The second-order valence-electron chi connectivity index (χ2n) is 10.7. The van der Waals surface area contributed by atoms with Gasteiger partial charge >= 0.3 is 6.09 Å². The number of carbonyl (C=O) groups is 2. The Balaban J connectivity index is 1.63. The van der Waals surface area contributed by atoms with Gasteiger partial charge in [-0.2, -0.15) is 0 Å². The highest BCUT2D eigenvalue weighted by atomic mass is 79.9. The molecular formula is C28H35BrN2O3S2. The van der Waals surface area contributed by atoms with Crippen LogP contribution in [0.2, 0.25) is 0 Å². The number of aromatic nitrogens is 1. The number of amides is 1. The number of hydrogen-bond donors (Lipinski definition) is 0. The molecule has 0 N–H and O–H groups in total. The van der Waals surface area contributed by atoms with Crippen molar-refractivity contribution in [1.29, 1.82) is 0 Å². The Morgan fingerprint density at radius 1 is 1.25 bits per heavy atom. The molecule has 1 amide bonds. The molecule has 3 aromatic rings. The number of halogens is 1. The fraction of sp³-hybridized carbons (Fsp3) is 0.536.